The molecule has 0 heterocycles. The minimum atomic E-state index is 0.579. The molecule has 2 aromatic rings. The second-order valence-electron chi connectivity index (χ2n) is 3.65. The van der Waals surface area contributed by atoms with Crippen molar-refractivity contribution in [3.8, 4) is 0 Å². The largest absolute Gasteiger partial charge is 0.326 e. The third-order valence-electron chi connectivity index (χ3n) is 2.53. The van der Waals surface area contributed by atoms with Crippen LogP contribution in [0.4, 0.5) is 0 Å². The van der Waals surface area contributed by atoms with E-state index in [4.69, 9.17) is 5.73 Å². The Bertz CT molecular complexity index is 472. The van der Waals surface area contributed by atoms with Gasteiger partial charge in [0.15, 0.2) is 0 Å². The zero-order chi connectivity index (χ0) is 11.2. The molecule has 0 aliphatic heterocycles. The predicted octanol–water partition coefficient (Wildman–Crippen LogP) is 3.32. The molecule has 16 heavy (non-hydrogen) atoms. The molecule has 0 spiro atoms. The van der Waals surface area contributed by atoms with E-state index in [-0.39, 0.29) is 0 Å². The molecule has 0 saturated heterocycles. The molecule has 0 aliphatic carbocycles. The maximum atomic E-state index is 5.69. The first-order valence-corrected chi connectivity index (χ1v) is 5.41. The van der Waals surface area contributed by atoms with Crippen molar-refractivity contribution in [2.75, 3.05) is 0 Å². The molecule has 0 aliphatic rings. The van der Waals surface area contributed by atoms with Crippen LogP contribution in [-0.4, -0.2) is 0 Å². The molecule has 80 valence electrons. The number of hydrogen-bond acceptors (Lipinski definition) is 1. The first kappa shape index (κ1) is 10.7. The molecule has 2 rings (SSSR count). The molecule has 0 fully saturated rings. The Hall–Kier alpha value is -1.86. The van der Waals surface area contributed by atoms with Crippen LogP contribution in [0.1, 0.15) is 16.7 Å². The van der Waals surface area contributed by atoms with Crippen molar-refractivity contribution in [3.63, 3.8) is 0 Å². The Morgan fingerprint density at radius 3 is 2.25 bits per heavy atom. The lowest BCUT2D eigenvalue weighted by atomic mass is 10.1. The van der Waals surface area contributed by atoms with Crippen molar-refractivity contribution in [2.24, 2.45) is 5.73 Å². The van der Waals surface area contributed by atoms with E-state index in [0.717, 1.165) is 0 Å². The van der Waals surface area contributed by atoms with Gasteiger partial charge in [-0.2, -0.15) is 0 Å². The van der Waals surface area contributed by atoms with Crippen molar-refractivity contribution in [1.29, 1.82) is 0 Å². The average molecular weight is 209 g/mol. The smallest absolute Gasteiger partial charge is 0.0184 e. The fraction of sp³-hybridized carbons (Fsp3) is 0.0667. The average Bonchev–Trinajstić information content (AvgIpc) is 2.38. The van der Waals surface area contributed by atoms with Crippen molar-refractivity contribution in [1.82, 2.24) is 0 Å². The fourth-order valence-corrected chi connectivity index (χ4v) is 1.63. The molecule has 0 atom stereocenters. The Morgan fingerprint density at radius 2 is 1.50 bits per heavy atom. The molecule has 0 aromatic heterocycles. The Kier molecular flexibility index (Phi) is 3.52. The van der Waals surface area contributed by atoms with Gasteiger partial charge in [0, 0.05) is 6.54 Å². The lowest BCUT2D eigenvalue weighted by Gasteiger charge is -2.01. The van der Waals surface area contributed by atoms with Crippen molar-refractivity contribution < 1.29 is 0 Å². The third kappa shape index (κ3) is 2.59. The molecular weight excluding hydrogens is 194 g/mol. The van der Waals surface area contributed by atoms with Gasteiger partial charge in [0.05, 0.1) is 0 Å². The second kappa shape index (κ2) is 5.29. The summed E-state index contributed by atoms with van der Waals surface area (Å²) in [7, 11) is 0. The van der Waals surface area contributed by atoms with Gasteiger partial charge in [0.1, 0.15) is 0 Å². The standard InChI is InChI=1S/C15H15N/c16-12-15-9-5-4-8-14(15)11-10-13-6-2-1-3-7-13/h1-11H,12,16H2. The molecule has 1 nitrogen and oxygen atoms in total. The number of hydrogen-bond donors (Lipinski definition) is 1. The first-order chi connectivity index (χ1) is 7.90. The number of rotatable bonds is 3. The quantitative estimate of drug-likeness (QED) is 0.771. The van der Waals surface area contributed by atoms with Crippen molar-refractivity contribution in [3.05, 3.63) is 71.3 Å². The highest BCUT2D eigenvalue weighted by Crippen LogP contribution is 2.12. The van der Waals surface area contributed by atoms with E-state index < -0.39 is 0 Å². The van der Waals surface area contributed by atoms with E-state index >= 15 is 0 Å². The SMILES string of the molecule is NCc1ccccc1C=Cc1ccccc1. The van der Waals surface area contributed by atoms with Gasteiger partial charge in [-0.05, 0) is 16.7 Å². The summed E-state index contributed by atoms with van der Waals surface area (Å²) in [5.41, 5.74) is 9.25. The minimum Gasteiger partial charge on any atom is -0.326 e. The molecular formula is C15H15N. The lowest BCUT2D eigenvalue weighted by molar-refractivity contribution is 1.07. The highest BCUT2D eigenvalue weighted by Gasteiger charge is 1.94. The van der Waals surface area contributed by atoms with Crippen LogP contribution in [0, 0.1) is 0 Å². The van der Waals surface area contributed by atoms with Gasteiger partial charge >= 0.3 is 0 Å². The van der Waals surface area contributed by atoms with E-state index in [1.165, 1.54) is 16.7 Å². The van der Waals surface area contributed by atoms with Gasteiger partial charge in [0.2, 0.25) is 0 Å². The predicted molar refractivity (Wildman–Crippen MR) is 69.7 cm³/mol. The normalized spacial score (nSPS) is 10.8. The zero-order valence-corrected chi connectivity index (χ0v) is 9.14. The maximum absolute atomic E-state index is 5.69. The summed E-state index contributed by atoms with van der Waals surface area (Å²) in [5.74, 6) is 0. The van der Waals surface area contributed by atoms with Crippen LogP contribution in [0.25, 0.3) is 12.2 Å². The van der Waals surface area contributed by atoms with Crippen LogP contribution in [0.3, 0.4) is 0 Å². The van der Waals surface area contributed by atoms with Crippen LogP contribution in [0.15, 0.2) is 54.6 Å². The monoisotopic (exact) mass is 209 g/mol. The van der Waals surface area contributed by atoms with Crippen LogP contribution >= 0.6 is 0 Å². The third-order valence-corrected chi connectivity index (χ3v) is 2.53. The first-order valence-electron chi connectivity index (χ1n) is 5.41. The van der Waals surface area contributed by atoms with Crippen LogP contribution < -0.4 is 5.73 Å². The summed E-state index contributed by atoms with van der Waals surface area (Å²) < 4.78 is 0. The number of benzene rings is 2. The van der Waals surface area contributed by atoms with Crippen molar-refractivity contribution in [2.45, 2.75) is 6.54 Å². The topological polar surface area (TPSA) is 26.0 Å². The van der Waals surface area contributed by atoms with Crippen LogP contribution in [0.5, 0.6) is 0 Å². The molecule has 2 N–H and O–H groups in total. The Balaban J connectivity index is 2.24. The van der Waals surface area contributed by atoms with Gasteiger partial charge in [-0.15, -0.1) is 0 Å². The summed E-state index contributed by atoms with van der Waals surface area (Å²) in [6, 6.07) is 18.5. The Morgan fingerprint density at radius 1 is 0.812 bits per heavy atom. The lowest BCUT2D eigenvalue weighted by Crippen LogP contribution is -1.97. The van der Waals surface area contributed by atoms with Crippen LogP contribution in [0.2, 0.25) is 0 Å². The van der Waals surface area contributed by atoms with E-state index in [9.17, 15) is 0 Å². The van der Waals surface area contributed by atoms with E-state index in [0.29, 0.717) is 6.54 Å². The van der Waals surface area contributed by atoms with E-state index in [1.54, 1.807) is 0 Å². The summed E-state index contributed by atoms with van der Waals surface area (Å²) >= 11 is 0. The second-order valence-corrected chi connectivity index (χ2v) is 3.65. The summed E-state index contributed by atoms with van der Waals surface area (Å²) in [6.07, 6.45) is 4.21. The van der Waals surface area contributed by atoms with Crippen molar-refractivity contribution >= 4 is 12.2 Å². The van der Waals surface area contributed by atoms with Gasteiger partial charge in [-0.1, -0.05) is 66.7 Å². The number of nitrogens with two attached hydrogens (primary N) is 1. The summed E-state index contributed by atoms with van der Waals surface area (Å²) in [5, 5.41) is 0. The molecule has 1 heteroatoms. The summed E-state index contributed by atoms with van der Waals surface area (Å²) in [4.78, 5) is 0. The molecule has 0 radical (unpaired) electrons. The van der Waals surface area contributed by atoms with E-state index in [1.807, 2.05) is 30.3 Å². The van der Waals surface area contributed by atoms with Gasteiger partial charge in [-0.3, -0.25) is 0 Å². The highest BCUT2D eigenvalue weighted by atomic mass is 14.5. The molecule has 0 unspecified atom stereocenters. The highest BCUT2D eigenvalue weighted by molar-refractivity contribution is 5.71. The minimum absolute atomic E-state index is 0.579. The summed E-state index contributed by atoms with van der Waals surface area (Å²) in [6.45, 7) is 0.579. The molecule has 0 saturated carbocycles. The fourth-order valence-electron chi connectivity index (χ4n) is 1.63. The van der Waals surface area contributed by atoms with Gasteiger partial charge in [-0.25, -0.2) is 0 Å². The molecule has 0 bridgehead atoms. The van der Waals surface area contributed by atoms with Gasteiger partial charge in [0.25, 0.3) is 0 Å². The van der Waals surface area contributed by atoms with Gasteiger partial charge < -0.3 is 5.73 Å². The maximum Gasteiger partial charge on any atom is 0.0184 e. The van der Waals surface area contributed by atoms with Crippen LogP contribution in [-0.2, 0) is 6.54 Å². The van der Waals surface area contributed by atoms with E-state index in [2.05, 4.69) is 36.4 Å². The molecule has 2 aromatic carbocycles. The Labute approximate surface area is 96.2 Å². The molecule has 0 amide bonds. The zero-order valence-electron chi connectivity index (χ0n) is 9.14.